The number of aromatic nitrogens is 1. The summed E-state index contributed by atoms with van der Waals surface area (Å²) in [5.74, 6) is 0.440. The maximum atomic E-state index is 13.1. The van der Waals surface area contributed by atoms with E-state index in [1.165, 1.54) is 5.56 Å². The van der Waals surface area contributed by atoms with E-state index in [9.17, 15) is 4.79 Å². The zero-order chi connectivity index (χ0) is 17.6. The first kappa shape index (κ1) is 17.5. The third kappa shape index (κ3) is 3.84. The lowest BCUT2D eigenvalue weighted by Gasteiger charge is -2.12. The summed E-state index contributed by atoms with van der Waals surface area (Å²) in [4.78, 5) is 13.1. The fourth-order valence-electron chi connectivity index (χ4n) is 3.55. The first-order chi connectivity index (χ1) is 12.2. The molecule has 0 N–H and O–H groups in total. The van der Waals surface area contributed by atoms with Crippen molar-refractivity contribution in [3.63, 3.8) is 0 Å². The fraction of sp³-hybridized carbons (Fsp3) is 0.348. The van der Waals surface area contributed by atoms with E-state index in [2.05, 4.69) is 61.0 Å². The molecule has 0 aliphatic rings. The molecule has 1 heterocycles. The molecule has 0 saturated heterocycles. The number of rotatable bonds is 8. The van der Waals surface area contributed by atoms with Crippen LogP contribution in [0.5, 0.6) is 0 Å². The fourth-order valence-corrected chi connectivity index (χ4v) is 3.55. The van der Waals surface area contributed by atoms with Crippen LogP contribution in [0.2, 0.25) is 0 Å². The highest BCUT2D eigenvalue weighted by molar-refractivity contribution is 6.09. The second kappa shape index (κ2) is 8.15. The molecule has 2 aromatic carbocycles. The van der Waals surface area contributed by atoms with Crippen LogP contribution in [0.1, 0.15) is 55.5 Å². The predicted octanol–water partition coefficient (Wildman–Crippen LogP) is 6.09. The molecule has 0 saturated carbocycles. The Labute approximate surface area is 150 Å². The van der Waals surface area contributed by atoms with E-state index >= 15 is 0 Å². The summed E-state index contributed by atoms with van der Waals surface area (Å²) >= 11 is 0. The van der Waals surface area contributed by atoms with Crippen molar-refractivity contribution in [2.75, 3.05) is 0 Å². The molecule has 0 spiro atoms. The highest BCUT2D eigenvalue weighted by Gasteiger charge is 2.22. The van der Waals surface area contributed by atoms with Gasteiger partial charge in [0.25, 0.3) is 0 Å². The van der Waals surface area contributed by atoms with E-state index in [1.807, 2.05) is 18.2 Å². The van der Waals surface area contributed by atoms with E-state index in [4.69, 9.17) is 0 Å². The summed E-state index contributed by atoms with van der Waals surface area (Å²) in [7, 11) is 0. The summed E-state index contributed by atoms with van der Waals surface area (Å²) in [6.07, 6.45) is 6.22. The number of unbranched alkanes of at least 4 members (excludes halogenated alkanes) is 1. The van der Waals surface area contributed by atoms with Gasteiger partial charge < -0.3 is 4.57 Å². The van der Waals surface area contributed by atoms with Crippen LogP contribution >= 0.6 is 0 Å². The highest BCUT2D eigenvalue weighted by Crippen LogP contribution is 2.27. The van der Waals surface area contributed by atoms with Gasteiger partial charge >= 0.3 is 0 Å². The average molecular weight is 333 g/mol. The van der Waals surface area contributed by atoms with E-state index in [-0.39, 0.29) is 5.92 Å². The zero-order valence-corrected chi connectivity index (χ0v) is 15.2. The maximum Gasteiger partial charge on any atom is 0.168 e. The zero-order valence-electron chi connectivity index (χ0n) is 15.2. The highest BCUT2D eigenvalue weighted by atomic mass is 16.1. The van der Waals surface area contributed by atoms with Crippen LogP contribution in [-0.4, -0.2) is 10.4 Å². The Hall–Kier alpha value is -2.35. The van der Waals surface area contributed by atoms with Crippen LogP contribution in [0.25, 0.3) is 10.9 Å². The largest absolute Gasteiger partial charge is 0.342 e. The van der Waals surface area contributed by atoms with Crippen molar-refractivity contribution in [2.24, 2.45) is 5.92 Å². The van der Waals surface area contributed by atoms with Gasteiger partial charge in [-0.05, 0) is 24.5 Å². The van der Waals surface area contributed by atoms with Crippen LogP contribution in [0.15, 0.2) is 60.8 Å². The Morgan fingerprint density at radius 2 is 1.72 bits per heavy atom. The Morgan fingerprint density at radius 3 is 2.44 bits per heavy atom. The number of fused-ring (bicyclic) bond motifs is 1. The summed E-state index contributed by atoms with van der Waals surface area (Å²) in [5.41, 5.74) is 3.27. The summed E-state index contributed by atoms with van der Waals surface area (Å²) in [6, 6.07) is 18.7. The Balaban J connectivity index is 1.97. The molecule has 0 amide bonds. The first-order valence-electron chi connectivity index (χ1n) is 9.40. The molecule has 3 rings (SSSR count). The van der Waals surface area contributed by atoms with Crippen molar-refractivity contribution in [1.29, 1.82) is 0 Å². The molecule has 0 aliphatic heterocycles. The predicted molar refractivity (Wildman–Crippen MR) is 105 cm³/mol. The van der Waals surface area contributed by atoms with Crippen LogP contribution < -0.4 is 0 Å². The minimum Gasteiger partial charge on any atom is -0.342 e. The topological polar surface area (TPSA) is 22.0 Å². The Morgan fingerprint density at radius 1 is 1.00 bits per heavy atom. The Kier molecular flexibility index (Phi) is 5.70. The van der Waals surface area contributed by atoms with Gasteiger partial charge in [-0.1, -0.05) is 75.2 Å². The van der Waals surface area contributed by atoms with Gasteiger partial charge in [0.1, 0.15) is 0 Å². The second-order valence-electron chi connectivity index (χ2n) is 6.79. The maximum absolute atomic E-state index is 13.1. The molecule has 0 fully saturated rings. The molecule has 2 nitrogen and oxygen atoms in total. The van der Waals surface area contributed by atoms with Crippen molar-refractivity contribution in [1.82, 2.24) is 4.57 Å². The number of hydrogen-bond donors (Lipinski definition) is 0. The number of hydrogen-bond acceptors (Lipinski definition) is 1. The molecule has 1 atom stereocenters. The summed E-state index contributed by atoms with van der Waals surface area (Å²) < 4.78 is 2.21. The number of carbonyl (C=O) groups excluding carboxylic acids is 1. The van der Waals surface area contributed by atoms with Crippen LogP contribution in [0.3, 0.4) is 0 Å². The van der Waals surface area contributed by atoms with Crippen LogP contribution in [0.4, 0.5) is 0 Å². The molecular weight excluding hydrogens is 306 g/mol. The number of benzene rings is 2. The van der Waals surface area contributed by atoms with Gasteiger partial charge in [0.15, 0.2) is 5.78 Å². The smallest absolute Gasteiger partial charge is 0.168 e. The van der Waals surface area contributed by atoms with Gasteiger partial charge in [-0.15, -0.1) is 0 Å². The van der Waals surface area contributed by atoms with Gasteiger partial charge in [0.2, 0.25) is 0 Å². The molecule has 25 heavy (non-hydrogen) atoms. The third-order valence-corrected chi connectivity index (χ3v) is 5.02. The van der Waals surface area contributed by atoms with E-state index in [1.54, 1.807) is 0 Å². The lowest BCUT2D eigenvalue weighted by molar-refractivity contribution is 0.0909. The van der Waals surface area contributed by atoms with E-state index in [0.29, 0.717) is 5.78 Å². The van der Waals surface area contributed by atoms with Gasteiger partial charge in [-0.2, -0.15) is 0 Å². The minimum atomic E-state index is 0.135. The molecule has 0 aliphatic carbocycles. The van der Waals surface area contributed by atoms with Gasteiger partial charge in [0.05, 0.1) is 0 Å². The van der Waals surface area contributed by atoms with E-state index in [0.717, 1.165) is 48.7 Å². The molecule has 2 heteroatoms. The quantitative estimate of drug-likeness (QED) is 0.457. The van der Waals surface area contributed by atoms with Gasteiger partial charge in [-0.3, -0.25) is 4.79 Å². The van der Waals surface area contributed by atoms with Gasteiger partial charge in [-0.25, -0.2) is 0 Å². The Bertz CT molecular complexity index is 832. The van der Waals surface area contributed by atoms with E-state index < -0.39 is 0 Å². The van der Waals surface area contributed by atoms with Crippen molar-refractivity contribution < 1.29 is 4.79 Å². The monoisotopic (exact) mass is 333 g/mol. The molecule has 0 bridgehead atoms. The second-order valence-corrected chi connectivity index (χ2v) is 6.79. The number of Topliss-reactive ketones (excluding diaryl/α,β-unsaturated/α-hetero) is 1. The number of carbonyl (C=O) groups is 1. The molecule has 130 valence electrons. The number of para-hydroxylation sites is 1. The number of nitrogens with zero attached hydrogens (tertiary/aromatic N) is 1. The summed E-state index contributed by atoms with van der Waals surface area (Å²) in [6.45, 7) is 5.10. The molecule has 1 aromatic heterocycles. The average Bonchev–Trinajstić information content (AvgIpc) is 3.02. The molecule has 0 radical (unpaired) electrons. The van der Waals surface area contributed by atoms with Crippen molar-refractivity contribution in [3.8, 4) is 0 Å². The van der Waals surface area contributed by atoms with Crippen LogP contribution in [0, 0.1) is 5.92 Å². The number of ketones is 1. The molecule has 3 aromatic rings. The minimum absolute atomic E-state index is 0.135. The van der Waals surface area contributed by atoms with Crippen molar-refractivity contribution in [3.05, 3.63) is 71.9 Å². The lowest BCUT2D eigenvalue weighted by atomic mass is 9.90. The first-order valence-corrected chi connectivity index (χ1v) is 9.40. The standard InChI is InChI=1S/C23H27NO/c1-3-5-13-19(4-2)23(25)21-17-24(16-18-11-7-6-8-12-18)22-15-10-9-14-20(21)22/h6-12,14-15,17,19H,3-5,13,16H2,1-2H3. The summed E-state index contributed by atoms with van der Waals surface area (Å²) in [5, 5.41) is 1.08. The normalized spacial score (nSPS) is 12.4. The molecular formula is C23H27NO. The third-order valence-electron chi connectivity index (χ3n) is 5.02. The SMILES string of the molecule is CCCCC(CC)C(=O)c1cn(Cc2ccccc2)c2ccccc12. The van der Waals surface area contributed by atoms with Crippen LogP contribution in [-0.2, 0) is 6.54 Å². The lowest BCUT2D eigenvalue weighted by Crippen LogP contribution is -2.13. The van der Waals surface area contributed by atoms with Crippen molar-refractivity contribution in [2.45, 2.75) is 46.1 Å². The van der Waals surface area contributed by atoms with Crippen molar-refractivity contribution >= 4 is 16.7 Å². The molecule has 1 unspecified atom stereocenters. The van der Waals surface area contributed by atoms with Gasteiger partial charge in [0, 0.05) is 35.1 Å².